The molecule has 0 aliphatic carbocycles. The average molecular weight is 410 g/mol. The first-order chi connectivity index (χ1) is 13.6. The highest BCUT2D eigenvalue weighted by molar-refractivity contribution is 7.89. The number of hydrogen-bond donors (Lipinski definition) is 3. The largest absolute Gasteiger partial charge is 0.478 e. The number of hydrogen-bond acceptors (Lipinski definition) is 4. The molecule has 0 fully saturated rings. The normalized spacial score (nSPS) is 12.0. The van der Waals surface area contributed by atoms with Crippen molar-refractivity contribution in [3.8, 4) is 0 Å². The van der Waals surface area contributed by atoms with Crippen molar-refractivity contribution in [1.82, 2.24) is 0 Å². The standard InChI is InChI=1S/C21H18N2O5S/c1-13(15-7-6-14-4-2-3-5-16(14)11-15)10-20(24)23-19-12-17(29(22,27)28)8-9-18(19)21(25)26/h2-12H,1H3,(H,23,24)(H,25,26)(H2,22,27,28)/b13-10-. The summed E-state index contributed by atoms with van der Waals surface area (Å²) in [5.41, 5.74) is 1.09. The van der Waals surface area contributed by atoms with Crippen molar-refractivity contribution >= 4 is 43.9 Å². The van der Waals surface area contributed by atoms with Crippen molar-refractivity contribution in [1.29, 1.82) is 0 Å². The molecule has 1 amide bonds. The predicted octanol–water partition coefficient (Wildman–Crippen LogP) is 3.23. The van der Waals surface area contributed by atoms with Gasteiger partial charge in [-0.3, -0.25) is 4.79 Å². The number of nitrogens with one attached hydrogen (secondary N) is 1. The highest BCUT2D eigenvalue weighted by Gasteiger charge is 2.17. The molecule has 0 unspecified atom stereocenters. The second-order valence-electron chi connectivity index (χ2n) is 6.44. The molecule has 0 aliphatic heterocycles. The van der Waals surface area contributed by atoms with Gasteiger partial charge in [-0.1, -0.05) is 36.4 Å². The van der Waals surface area contributed by atoms with Gasteiger partial charge in [0.1, 0.15) is 0 Å². The summed E-state index contributed by atoms with van der Waals surface area (Å²) in [7, 11) is -4.05. The smallest absolute Gasteiger partial charge is 0.337 e. The highest BCUT2D eigenvalue weighted by atomic mass is 32.2. The van der Waals surface area contributed by atoms with E-state index in [-0.39, 0.29) is 16.1 Å². The number of rotatable bonds is 5. The molecule has 8 heteroatoms. The van der Waals surface area contributed by atoms with Crippen LogP contribution in [0.1, 0.15) is 22.8 Å². The van der Waals surface area contributed by atoms with Crippen molar-refractivity contribution in [2.75, 3.05) is 5.32 Å². The fraction of sp³-hybridized carbons (Fsp3) is 0.0476. The van der Waals surface area contributed by atoms with Crippen LogP contribution in [0.25, 0.3) is 16.3 Å². The second kappa shape index (κ2) is 7.86. The summed E-state index contributed by atoms with van der Waals surface area (Å²) in [6.07, 6.45) is 1.32. The molecular weight excluding hydrogens is 392 g/mol. The van der Waals surface area contributed by atoms with Gasteiger partial charge >= 0.3 is 5.97 Å². The van der Waals surface area contributed by atoms with Crippen molar-refractivity contribution in [2.24, 2.45) is 5.14 Å². The Bertz CT molecular complexity index is 1260. The molecule has 4 N–H and O–H groups in total. The Morgan fingerprint density at radius 3 is 2.34 bits per heavy atom. The van der Waals surface area contributed by atoms with Gasteiger partial charge in [-0.05, 0) is 53.1 Å². The number of fused-ring (bicyclic) bond motifs is 1. The number of sulfonamides is 1. The number of amides is 1. The van der Waals surface area contributed by atoms with E-state index in [1.54, 1.807) is 6.92 Å². The lowest BCUT2D eigenvalue weighted by Gasteiger charge is -2.10. The Hall–Kier alpha value is -3.49. The molecule has 7 nitrogen and oxygen atoms in total. The van der Waals surface area contributed by atoms with Gasteiger partial charge in [0.25, 0.3) is 0 Å². The molecule has 0 radical (unpaired) electrons. The van der Waals surface area contributed by atoms with Crippen molar-refractivity contribution in [2.45, 2.75) is 11.8 Å². The lowest BCUT2D eigenvalue weighted by atomic mass is 10.0. The molecule has 0 saturated heterocycles. The van der Waals surface area contributed by atoms with E-state index in [1.807, 2.05) is 42.5 Å². The molecule has 0 atom stereocenters. The molecule has 3 aromatic rings. The molecule has 0 spiro atoms. The van der Waals surface area contributed by atoms with Crippen molar-refractivity contribution < 1.29 is 23.1 Å². The lowest BCUT2D eigenvalue weighted by Crippen LogP contribution is -2.16. The van der Waals surface area contributed by atoms with E-state index in [0.717, 1.165) is 34.5 Å². The Morgan fingerprint density at radius 1 is 1.00 bits per heavy atom. The van der Waals surface area contributed by atoms with Crippen LogP contribution in [0.3, 0.4) is 0 Å². The van der Waals surface area contributed by atoms with Gasteiger partial charge in [-0.2, -0.15) is 0 Å². The van der Waals surface area contributed by atoms with Crippen LogP contribution in [0.5, 0.6) is 0 Å². The third-order valence-corrected chi connectivity index (χ3v) is 5.27. The maximum atomic E-state index is 12.4. The van der Waals surface area contributed by atoms with E-state index in [1.165, 1.54) is 6.08 Å². The molecule has 0 aliphatic rings. The maximum absolute atomic E-state index is 12.4. The molecule has 0 bridgehead atoms. The van der Waals surface area contributed by atoms with Crippen LogP contribution >= 0.6 is 0 Å². The van der Waals surface area contributed by atoms with Gasteiger partial charge in [-0.15, -0.1) is 0 Å². The quantitative estimate of drug-likeness (QED) is 0.557. The number of anilines is 1. The number of aromatic carboxylic acids is 1. The van der Waals surface area contributed by atoms with Crippen LogP contribution < -0.4 is 10.5 Å². The van der Waals surface area contributed by atoms with Gasteiger partial charge in [0.15, 0.2) is 0 Å². The summed E-state index contributed by atoms with van der Waals surface area (Å²) in [5, 5.41) is 18.9. The summed E-state index contributed by atoms with van der Waals surface area (Å²) in [4.78, 5) is 23.5. The summed E-state index contributed by atoms with van der Waals surface area (Å²) < 4.78 is 23.1. The third-order valence-electron chi connectivity index (χ3n) is 4.36. The number of benzene rings is 3. The number of carbonyl (C=O) groups is 2. The van der Waals surface area contributed by atoms with Gasteiger partial charge in [0, 0.05) is 6.08 Å². The fourth-order valence-electron chi connectivity index (χ4n) is 2.87. The van der Waals surface area contributed by atoms with Gasteiger partial charge < -0.3 is 10.4 Å². The summed E-state index contributed by atoms with van der Waals surface area (Å²) in [5.74, 6) is -1.90. The average Bonchev–Trinajstić information content (AvgIpc) is 2.66. The van der Waals surface area contributed by atoms with Crippen LogP contribution in [-0.2, 0) is 14.8 Å². The van der Waals surface area contributed by atoms with Gasteiger partial charge in [0.05, 0.1) is 16.1 Å². The lowest BCUT2D eigenvalue weighted by molar-refractivity contribution is -0.111. The number of allylic oxidation sites excluding steroid dienone is 1. The maximum Gasteiger partial charge on any atom is 0.337 e. The Morgan fingerprint density at radius 2 is 1.69 bits per heavy atom. The molecule has 3 rings (SSSR count). The van der Waals surface area contributed by atoms with E-state index in [4.69, 9.17) is 5.14 Å². The minimum absolute atomic E-state index is 0.156. The Labute approximate surface area is 167 Å². The second-order valence-corrected chi connectivity index (χ2v) is 8.00. The Kier molecular flexibility index (Phi) is 5.49. The predicted molar refractivity (Wildman–Crippen MR) is 111 cm³/mol. The fourth-order valence-corrected chi connectivity index (χ4v) is 3.41. The highest BCUT2D eigenvalue weighted by Crippen LogP contribution is 2.23. The summed E-state index contributed by atoms with van der Waals surface area (Å²) in [6.45, 7) is 1.75. The van der Waals surface area contributed by atoms with Crippen LogP contribution in [0.2, 0.25) is 0 Å². The van der Waals surface area contributed by atoms with E-state index in [2.05, 4.69) is 5.32 Å². The molecule has 148 valence electrons. The minimum Gasteiger partial charge on any atom is -0.478 e. The number of carbonyl (C=O) groups excluding carboxylic acids is 1. The summed E-state index contributed by atoms with van der Waals surface area (Å²) >= 11 is 0. The molecule has 29 heavy (non-hydrogen) atoms. The van der Waals surface area contributed by atoms with Crippen LogP contribution in [0.15, 0.2) is 71.6 Å². The first-order valence-electron chi connectivity index (χ1n) is 8.54. The molecule has 0 heterocycles. The molecule has 0 aromatic heterocycles. The monoisotopic (exact) mass is 410 g/mol. The zero-order chi connectivity index (χ0) is 21.2. The van der Waals surface area contributed by atoms with E-state index in [0.29, 0.717) is 5.57 Å². The van der Waals surface area contributed by atoms with Crippen LogP contribution in [-0.4, -0.2) is 25.4 Å². The third kappa shape index (κ3) is 4.68. The molecule has 0 saturated carbocycles. The number of carboxylic acid groups (broad SMARTS) is 1. The summed E-state index contributed by atoms with van der Waals surface area (Å²) in [6, 6.07) is 16.7. The first-order valence-corrected chi connectivity index (χ1v) is 10.1. The van der Waals surface area contributed by atoms with E-state index in [9.17, 15) is 23.1 Å². The van der Waals surface area contributed by atoms with Crippen LogP contribution in [0.4, 0.5) is 5.69 Å². The number of primary sulfonamides is 1. The number of carboxylic acids is 1. The van der Waals surface area contributed by atoms with Gasteiger partial charge in [0.2, 0.25) is 15.9 Å². The van der Waals surface area contributed by atoms with Gasteiger partial charge in [-0.25, -0.2) is 18.4 Å². The zero-order valence-corrected chi connectivity index (χ0v) is 16.2. The van der Waals surface area contributed by atoms with E-state index >= 15 is 0 Å². The van der Waals surface area contributed by atoms with Crippen molar-refractivity contribution in [3.05, 3.63) is 77.9 Å². The zero-order valence-electron chi connectivity index (χ0n) is 15.4. The first kappa shape index (κ1) is 20.2. The minimum atomic E-state index is -4.05. The topological polar surface area (TPSA) is 127 Å². The molecular formula is C21H18N2O5S. The van der Waals surface area contributed by atoms with Crippen LogP contribution in [0, 0.1) is 0 Å². The van der Waals surface area contributed by atoms with E-state index < -0.39 is 21.9 Å². The SMILES string of the molecule is C/C(=C/C(=O)Nc1cc(S(N)(=O)=O)ccc1C(=O)O)c1ccc2ccccc2c1. The Balaban J connectivity index is 1.91. The van der Waals surface area contributed by atoms with Crippen molar-refractivity contribution in [3.63, 3.8) is 0 Å². The number of nitrogens with two attached hydrogens (primary N) is 1. The molecule has 3 aromatic carbocycles.